The smallest absolute Gasteiger partial charge is 0.334 e. The van der Waals surface area contributed by atoms with E-state index in [4.69, 9.17) is 8.85 Å². The molecule has 0 rings (SSSR count). The van der Waals surface area contributed by atoms with Crippen molar-refractivity contribution < 1.29 is 8.85 Å². The van der Waals surface area contributed by atoms with E-state index in [1.54, 1.807) is 0 Å². The maximum Gasteiger partial charge on any atom is 0.334 e. The number of rotatable bonds is 31. The molecular weight excluding hydrogens is 456 g/mol. The third-order valence-electron chi connectivity index (χ3n) is 7.88. The largest absolute Gasteiger partial charge is 0.395 e. The highest BCUT2D eigenvalue weighted by Crippen LogP contribution is 2.20. The Balaban J connectivity index is 3.17. The number of hydrogen-bond acceptors (Lipinski definition) is 2. The van der Waals surface area contributed by atoms with Crippen LogP contribution in [0.5, 0.6) is 0 Å². The summed E-state index contributed by atoms with van der Waals surface area (Å²) in [4.78, 5) is 0. The van der Waals surface area contributed by atoms with Crippen molar-refractivity contribution in [2.24, 2.45) is 0 Å². The zero-order valence-corrected chi connectivity index (χ0v) is 26.8. The van der Waals surface area contributed by atoms with Gasteiger partial charge in [-0.25, -0.2) is 0 Å². The highest BCUT2D eigenvalue weighted by atomic mass is 28.4. The van der Waals surface area contributed by atoms with Gasteiger partial charge >= 0.3 is 8.56 Å². The SMILES string of the molecule is CCCCCCCCCCCCCCCCCCCCCCCCCCCC[Si](C)(OCC)OCC. The summed E-state index contributed by atoms with van der Waals surface area (Å²) in [6.07, 6.45) is 37.7. The van der Waals surface area contributed by atoms with Gasteiger partial charge in [0.1, 0.15) is 0 Å². The molecule has 0 aliphatic heterocycles. The van der Waals surface area contributed by atoms with Gasteiger partial charge in [0.05, 0.1) is 0 Å². The van der Waals surface area contributed by atoms with Crippen molar-refractivity contribution >= 4 is 8.56 Å². The van der Waals surface area contributed by atoms with Crippen molar-refractivity contribution in [2.75, 3.05) is 13.2 Å². The standard InChI is InChI=1S/C33H70O2Si/c1-5-8-9-10-11-12-13-14-15-16-17-18-19-20-21-22-23-24-25-26-27-28-29-30-31-32-33-36(4,34-6-2)35-7-3/h5-33H2,1-4H3. The molecule has 0 aliphatic rings. The molecular formula is C33H70O2Si. The number of unbranched alkanes of at least 4 members (excludes halogenated alkanes) is 25. The molecule has 0 aromatic heterocycles. The molecule has 218 valence electrons. The molecule has 0 aliphatic carbocycles. The maximum absolute atomic E-state index is 5.94. The summed E-state index contributed by atoms with van der Waals surface area (Å²) in [5.74, 6) is 0. The first-order valence-electron chi connectivity index (χ1n) is 17.0. The molecule has 0 spiro atoms. The average molecular weight is 527 g/mol. The van der Waals surface area contributed by atoms with Crippen LogP contribution in [0.15, 0.2) is 0 Å². The van der Waals surface area contributed by atoms with E-state index in [-0.39, 0.29) is 0 Å². The molecule has 3 heteroatoms. The predicted octanol–water partition coefficient (Wildman–Crippen LogP) is 12.3. The first kappa shape index (κ1) is 36.1. The van der Waals surface area contributed by atoms with Crippen LogP contribution >= 0.6 is 0 Å². The van der Waals surface area contributed by atoms with Crippen molar-refractivity contribution in [3.63, 3.8) is 0 Å². The van der Waals surface area contributed by atoms with E-state index in [1.807, 2.05) is 0 Å². The Morgan fingerprint density at radius 3 is 0.778 bits per heavy atom. The molecule has 0 bridgehead atoms. The quantitative estimate of drug-likeness (QED) is 0.0660. The molecule has 0 fully saturated rings. The van der Waals surface area contributed by atoms with Gasteiger partial charge in [0.25, 0.3) is 0 Å². The average Bonchev–Trinajstić information content (AvgIpc) is 2.86. The summed E-state index contributed by atoms with van der Waals surface area (Å²) in [7, 11) is -1.87. The van der Waals surface area contributed by atoms with Crippen molar-refractivity contribution in [2.45, 2.75) is 200 Å². The zero-order chi connectivity index (χ0) is 26.4. The van der Waals surface area contributed by atoms with E-state index in [2.05, 4.69) is 27.3 Å². The van der Waals surface area contributed by atoms with Crippen molar-refractivity contribution in [3.05, 3.63) is 0 Å². The van der Waals surface area contributed by atoms with Crippen LogP contribution in [0.1, 0.15) is 188 Å². The van der Waals surface area contributed by atoms with Crippen molar-refractivity contribution in [3.8, 4) is 0 Å². The minimum atomic E-state index is -1.87. The van der Waals surface area contributed by atoms with Crippen LogP contribution in [0.3, 0.4) is 0 Å². The van der Waals surface area contributed by atoms with Gasteiger partial charge in [0, 0.05) is 13.2 Å². The Labute approximate surface area is 230 Å². The molecule has 0 N–H and O–H groups in total. The van der Waals surface area contributed by atoms with Gasteiger partial charge in [-0.3, -0.25) is 0 Å². The molecule has 0 aromatic rings. The maximum atomic E-state index is 5.94. The third-order valence-corrected chi connectivity index (χ3v) is 10.9. The topological polar surface area (TPSA) is 18.5 Å². The van der Waals surface area contributed by atoms with E-state index in [0.717, 1.165) is 19.3 Å². The molecule has 2 nitrogen and oxygen atoms in total. The first-order valence-corrected chi connectivity index (χ1v) is 19.5. The first-order chi connectivity index (χ1) is 17.7. The highest BCUT2D eigenvalue weighted by molar-refractivity contribution is 6.66. The predicted molar refractivity (Wildman–Crippen MR) is 165 cm³/mol. The van der Waals surface area contributed by atoms with Crippen molar-refractivity contribution in [1.82, 2.24) is 0 Å². The second kappa shape index (κ2) is 29.7. The Bertz CT molecular complexity index is 395. The van der Waals surface area contributed by atoms with Crippen LogP contribution in [0.2, 0.25) is 12.6 Å². The summed E-state index contributed by atoms with van der Waals surface area (Å²) >= 11 is 0. The van der Waals surface area contributed by atoms with Crippen LogP contribution in [0, 0.1) is 0 Å². The zero-order valence-electron chi connectivity index (χ0n) is 25.8. The summed E-state index contributed by atoms with van der Waals surface area (Å²) in [6.45, 7) is 10.3. The van der Waals surface area contributed by atoms with Gasteiger partial charge < -0.3 is 8.85 Å². The van der Waals surface area contributed by atoms with E-state index in [9.17, 15) is 0 Å². The molecule has 0 radical (unpaired) electrons. The van der Waals surface area contributed by atoms with Gasteiger partial charge in [0.15, 0.2) is 0 Å². The summed E-state index contributed by atoms with van der Waals surface area (Å²) in [5, 5.41) is 0. The van der Waals surface area contributed by atoms with E-state index < -0.39 is 8.56 Å². The minimum absolute atomic E-state index is 0.794. The molecule has 0 saturated carbocycles. The van der Waals surface area contributed by atoms with Crippen LogP contribution in [-0.4, -0.2) is 21.8 Å². The van der Waals surface area contributed by atoms with Gasteiger partial charge in [-0.15, -0.1) is 0 Å². The van der Waals surface area contributed by atoms with E-state index >= 15 is 0 Å². The molecule has 0 atom stereocenters. The second-order valence-electron chi connectivity index (χ2n) is 11.6. The Morgan fingerprint density at radius 2 is 0.556 bits per heavy atom. The summed E-state index contributed by atoms with van der Waals surface area (Å²) < 4.78 is 11.9. The van der Waals surface area contributed by atoms with Gasteiger partial charge in [-0.1, -0.05) is 174 Å². The minimum Gasteiger partial charge on any atom is -0.395 e. The lowest BCUT2D eigenvalue weighted by atomic mass is 10.0. The lowest BCUT2D eigenvalue weighted by Gasteiger charge is -2.25. The van der Waals surface area contributed by atoms with E-state index in [1.165, 1.54) is 167 Å². The normalized spacial score (nSPS) is 12.0. The van der Waals surface area contributed by atoms with E-state index in [0.29, 0.717) is 0 Å². The van der Waals surface area contributed by atoms with Gasteiger partial charge in [-0.2, -0.15) is 0 Å². The second-order valence-corrected chi connectivity index (χ2v) is 14.9. The van der Waals surface area contributed by atoms with Crippen molar-refractivity contribution in [1.29, 1.82) is 0 Å². The fourth-order valence-corrected chi connectivity index (χ4v) is 8.04. The number of hydrogen-bond donors (Lipinski definition) is 0. The Hall–Kier alpha value is 0.137. The van der Waals surface area contributed by atoms with Gasteiger partial charge in [0.2, 0.25) is 0 Å². The molecule has 0 amide bonds. The Morgan fingerprint density at radius 1 is 0.333 bits per heavy atom. The van der Waals surface area contributed by atoms with Crippen LogP contribution in [0.4, 0.5) is 0 Å². The fourth-order valence-electron chi connectivity index (χ4n) is 5.56. The molecule has 0 aromatic carbocycles. The summed E-state index contributed by atoms with van der Waals surface area (Å²) in [6, 6.07) is 1.16. The molecule has 0 saturated heterocycles. The van der Waals surface area contributed by atoms with Crippen LogP contribution < -0.4 is 0 Å². The lowest BCUT2D eigenvalue weighted by Crippen LogP contribution is -2.38. The molecule has 0 unspecified atom stereocenters. The highest BCUT2D eigenvalue weighted by Gasteiger charge is 2.29. The monoisotopic (exact) mass is 527 g/mol. The summed E-state index contributed by atoms with van der Waals surface area (Å²) in [5.41, 5.74) is 0. The fraction of sp³-hybridized carbons (Fsp3) is 1.00. The Kier molecular flexibility index (Phi) is 29.8. The molecule has 0 heterocycles. The third kappa shape index (κ3) is 27.2. The van der Waals surface area contributed by atoms with Crippen LogP contribution in [0.25, 0.3) is 0 Å². The van der Waals surface area contributed by atoms with Gasteiger partial charge in [-0.05, 0) is 26.4 Å². The molecule has 36 heavy (non-hydrogen) atoms. The van der Waals surface area contributed by atoms with Crippen LogP contribution in [-0.2, 0) is 8.85 Å². The lowest BCUT2D eigenvalue weighted by molar-refractivity contribution is 0.188.